The van der Waals surface area contributed by atoms with Gasteiger partial charge in [-0.1, -0.05) is 30.0 Å². The third-order valence-electron chi connectivity index (χ3n) is 2.79. The molecule has 4 nitrogen and oxygen atoms in total. The van der Waals surface area contributed by atoms with Crippen molar-refractivity contribution in [2.24, 2.45) is 0 Å². The zero-order valence-electron chi connectivity index (χ0n) is 11.9. The second-order valence-electron chi connectivity index (χ2n) is 4.65. The van der Waals surface area contributed by atoms with Gasteiger partial charge < -0.3 is 5.32 Å². The summed E-state index contributed by atoms with van der Waals surface area (Å²) in [6.07, 6.45) is 1.77. The van der Waals surface area contributed by atoms with E-state index < -0.39 is 0 Å². The molecule has 0 spiro atoms. The van der Waals surface area contributed by atoms with Gasteiger partial charge in [-0.2, -0.15) is 0 Å². The number of amides is 1. The van der Waals surface area contributed by atoms with Gasteiger partial charge in [-0.05, 0) is 37.6 Å². The van der Waals surface area contributed by atoms with E-state index in [1.54, 1.807) is 30.5 Å². The minimum Gasteiger partial charge on any atom is -0.325 e. The first-order valence-corrected chi connectivity index (χ1v) is 7.49. The van der Waals surface area contributed by atoms with Crippen molar-refractivity contribution >= 4 is 29.1 Å². The maximum absolute atomic E-state index is 11.9. The molecule has 0 unspecified atom stereocenters. The van der Waals surface area contributed by atoms with Crippen LogP contribution in [0.25, 0.3) is 0 Å². The van der Waals surface area contributed by atoms with Crippen molar-refractivity contribution in [3.63, 3.8) is 0 Å². The zero-order chi connectivity index (χ0) is 15.2. The molecule has 1 aromatic carbocycles. The minimum absolute atomic E-state index is 0.0238. The van der Waals surface area contributed by atoms with E-state index in [2.05, 4.69) is 10.3 Å². The second-order valence-corrected chi connectivity index (χ2v) is 5.64. The molecule has 108 valence electrons. The van der Waals surface area contributed by atoms with E-state index in [1.165, 1.54) is 18.7 Å². The minimum atomic E-state index is -0.122. The number of carbonyl (C=O) groups is 2. The molecule has 1 aromatic heterocycles. The van der Waals surface area contributed by atoms with Crippen LogP contribution in [0.5, 0.6) is 0 Å². The van der Waals surface area contributed by atoms with Crippen molar-refractivity contribution in [1.29, 1.82) is 0 Å². The van der Waals surface area contributed by atoms with E-state index in [4.69, 9.17) is 0 Å². The number of hydrogen-bond acceptors (Lipinski definition) is 4. The van der Waals surface area contributed by atoms with Gasteiger partial charge in [-0.3, -0.25) is 9.59 Å². The highest BCUT2D eigenvalue weighted by atomic mass is 32.2. The number of aryl methyl sites for hydroxylation is 1. The number of nitrogens with one attached hydrogen (secondary N) is 1. The van der Waals surface area contributed by atoms with Crippen molar-refractivity contribution in [3.8, 4) is 0 Å². The number of Topliss-reactive ketones (excluding diaryl/α,β-unsaturated/α-hetero) is 1. The summed E-state index contributed by atoms with van der Waals surface area (Å²) >= 11 is 1.38. The maximum Gasteiger partial charge on any atom is 0.234 e. The summed E-state index contributed by atoms with van der Waals surface area (Å²) in [6.45, 7) is 3.47. The topological polar surface area (TPSA) is 59.1 Å². The molecular formula is C16H16N2O2S. The van der Waals surface area contributed by atoms with E-state index in [1.807, 2.05) is 19.1 Å². The van der Waals surface area contributed by atoms with Gasteiger partial charge in [0.05, 0.1) is 10.8 Å². The lowest BCUT2D eigenvalue weighted by molar-refractivity contribution is -0.113. The largest absolute Gasteiger partial charge is 0.325 e. The highest BCUT2D eigenvalue weighted by Crippen LogP contribution is 2.16. The SMILES string of the molecule is CC(=O)c1cccc(NC(=O)CSc2ccc(C)cn2)c1. The van der Waals surface area contributed by atoms with E-state index >= 15 is 0 Å². The number of pyridine rings is 1. The van der Waals surface area contributed by atoms with Crippen molar-refractivity contribution in [2.75, 3.05) is 11.1 Å². The monoisotopic (exact) mass is 300 g/mol. The highest BCUT2D eigenvalue weighted by Gasteiger charge is 2.06. The molecule has 1 amide bonds. The lowest BCUT2D eigenvalue weighted by Crippen LogP contribution is -2.14. The number of hydrogen-bond donors (Lipinski definition) is 1. The first kappa shape index (κ1) is 15.3. The van der Waals surface area contributed by atoms with Crippen LogP contribution in [0.1, 0.15) is 22.8 Å². The van der Waals surface area contributed by atoms with Crippen LogP contribution in [0.2, 0.25) is 0 Å². The van der Waals surface area contributed by atoms with Crippen molar-refractivity contribution < 1.29 is 9.59 Å². The Morgan fingerprint density at radius 3 is 2.71 bits per heavy atom. The summed E-state index contributed by atoms with van der Waals surface area (Å²) in [5, 5.41) is 3.59. The third kappa shape index (κ3) is 4.72. The molecule has 0 bridgehead atoms. The Labute approximate surface area is 128 Å². The van der Waals surface area contributed by atoms with Gasteiger partial charge in [0.2, 0.25) is 5.91 Å². The molecule has 0 saturated heterocycles. The Morgan fingerprint density at radius 1 is 1.24 bits per heavy atom. The van der Waals surface area contributed by atoms with Crippen molar-refractivity contribution in [2.45, 2.75) is 18.9 Å². The molecule has 2 aromatic rings. The molecule has 0 radical (unpaired) electrons. The number of thioether (sulfide) groups is 1. The number of nitrogens with zero attached hydrogens (tertiary/aromatic N) is 1. The fourth-order valence-electron chi connectivity index (χ4n) is 1.69. The van der Waals surface area contributed by atoms with Crippen LogP contribution in [-0.4, -0.2) is 22.4 Å². The number of ketones is 1. The van der Waals surface area contributed by atoms with Crippen molar-refractivity contribution in [3.05, 3.63) is 53.7 Å². The summed E-state index contributed by atoms with van der Waals surface area (Å²) in [5.41, 5.74) is 2.30. The lowest BCUT2D eigenvalue weighted by atomic mass is 10.1. The van der Waals surface area contributed by atoms with Gasteiger partial charge in [-0.15, -0.1) is 0 Å². The molecule has 0 aliphatic rings. The van der Waals surface area contributed by atoms with Gasteiger partial charge in [0, 0.05) is 17.4 Å². The van der Waals surface area contributed by atoms with Crippen LogP contribution in [0.3, 0.4) is 0 Å². The molecule has 1 heterocycles. The van der Waals surface area contributed by atoms with Gasteiger partial charge in [-0.25, -0.2) is 4.98 Å². The molecule has 21 heavy (non-hydrogen) atoms. The van der Waals surface area contributed by atoms with Crippen LogP contribution < -0.4 is 5.32 Å². The summed E-state index contributed by atoms with van der Waals surface area (Å²) < 4.78 is 0. The lowest BCUT2D eigenvalue weighted by Gasteiger charge is -2.06. The summed E-state index contributed by atoms with van der Waals surface area (Å²) in [4.78, 5) is 27.4. The Hall–Kier alpha value is -2.14. The van der Waals surface area contributed by atoms with Crippen LogP contribution in [0.4, 0.5) is 5.69 Å². The molecule has 0 fully saturated rings. The summed E-state index contributed by atoms with van der Waals surface area (Å²) in [6, 6.07) is 10.8. The molecule has 0 saturated carbocycles. The van der Waals surface area contributed by atoms with Gasteiger partial charge in [0.1, 0.15) is 0 Å². The average molecular weight is 300 g/mol. The maximum atomic E-state index is 11.9. The molecule has 0 atom stereocenters. The molecule has 0 aliphatic carbocycles. The first-order chi connectivity index (χ1) is 10.0. The number of benzene rings is 1. The van der Waals surface area contributed by atoms with Gasteiger partial charge in [0.25, 0.3) is 0 Å². The van der Waals surface area contributed by atoms with Crippen LogP contribution in [-0.2, 0) is 4.79 Å². The Kier molecular flexibility index (Phi) is 5.11. The second kappa shape index (κ2) is 7.04. The smallest absolute Gasteiger partial charge is 0.234 e. The van der Waals surface area contributed by atoms with Gasteiger partial charge >= 0.3 is 0 Å². The summed E-state index contributed by atoms with van der Waals surface area (Å²) in [7, 11) is 0. The van der Waals surface area contributed by atoms with Gasteiger partial charge in [0.15, 0.2) is 5.78 Å². The first-order valence-electron chi connectivity index (χ1n) is 6.51. The predicted molar refractivity (Wildman–Crippen MR) is 84.8 cm³/mol. The molecule has 2 rings (SSSR count). The number of anilines is 1. The number of carbonyl (C=O) groups excluding carboxylic acids is 2. The number of aromatic nitrogens is 1. The number of rotatable bonds is 5. The van der Waals surface area contributed by atoms with E-state index in [0.717, 1.165) is 10.6 Å². The van der Waals surface area contributed by atoms with Crippen LogP contribution >= 0.6 is 11.8 Å². The van der Waals surface area contributed by atoms with Crippen LogP contribution in [0.15, 0.2) is 47.6 Å². The Morgan fingerprint density at radius 2 is 2.05 bits per heavy atom. The molecule has 5 heteroatoms. The fraction of sp³-hybridized carbons (Fsp3) is 0.188. The summed E-state index contributed by atoms with van der Waals surface area (Å²) in [5.74, 6) is 0.132. The Balaban J connectivity index is 1.91. The predicted octanol–water partition coefficient (Wildman–Crippen LogP) is 3.32. The van der Waals surface area contributed by atoms with E-state index in [9.17, 15) is 9.59 Å². The molecule has 0 aliphatic heterocycles. The van der Waals surface area contributed by atoms with Crippen LogP contribution in [0, 0.1) is 6.92 Å². The quantitative estimate of drug-likeness (QED) is 0.680. The molecule has 1 N–H and O–H groups in total. The standard InChI is InChI=1S/C16H16N2O2S/c1-11-6-7-16(17-9-11)21-10-15(20)18-14-5-3-4-13(8-14)12(2)19/h3-9H,10H2,1-2H3,(H,18,20). The van der Waals surface area contributed by atoms with E-state index in [0.29, 0.717) is 11.3 Å². The third-order valence-corrected chi connectivity index (χ3v) is 3.73. The van der Waals surface area contributed by atoms with Crippen molar-refractivity contribution in [1.82, 2.24) is 4.98 Å². The highest BCUT2D eigenvalue weighted by molar-refractivity contribution is 7.99. The normalized spacial score (nSPS) is 10.2. The Bertz CT molecular complexity index is 654. The molecular weight excluding hydrogens is 284 g/mol. The van der Waals surface area contributed by atoms with E-state index in [-0.39, 0.29) is 17.4 Å². The zero-order valence-corrected chi connectivity index (χ0v) is 12.7. The average Bonchev–Trinajstić information content (AvgIpc) is 2.47. The fourth-order valence-corrected chi connectivity index (χ4v) is 2.33.